The Bertz CT molecular complexity index is 353. The highest BCUT2D eigenvalue weighted by molar-refractivity contribution is 5.70. The van der Waals surface area contributed by atoms with E-state index < -0.39 is 0 Å². The summed E-state index contributed by atoms with van der Waals surface area (Å²) in [6, 6.07) is 4.22. The molecule has 0 aliphatic carbocycles. The van der Waals surface area contributed by atoms with Gasteiger partial charge in [-0.05, 0) is 30.9 Å². The molecule has 0 amide bonds. The molecule has 0 fully saturated rings. The second kappa shape index (κ2) is 7.37. The maximum atomic E-state index is 10.6. The molecule has 0 bridgehead atoms. The van der Waals surface area contributed by atoms with Crippen LogP contribution in [0.4, 0.5) is 0 Å². The molecule has 1 aromatic rings. The Labute approximate surface area is 110 Å². The highest BCUT2D eigenvalue weighted by Gasteiger charge is 2.18. The lowest BCUT2D eigenvalue weighted by Gasteiger charge is -2.31. The van der Waals surface area contributed by atoms with E-state index in [0.29, 0.717) is 17.7 Å². The maximum absolute atomic E-state index is 10.6. The Morgan fingerprint density at radius 1 is 1.28 bits per heavy atom. The van der Waals surface area contributed by atoms with E-state index in [1.807, 2.05) is 6.07 Å². The molecule has 1 heterocycles. The third-order valence-corrected chi connectivity index (χ3v) is 3.22. The molecule has 102 valence electrons. The number of aldehydes is 1. The Morgan fingerprint density at radius 3 is 2.39 bits per heavy atom. The van der Waals surface area contributed by atoms with Crippen LogP contribution in [-0.2, 0) is 6.54 Å². The monoisotopic (exact) mass is 251 g/mol. The first-order valence-electron chi connectivity index (χ1n) is 6.88. The lowest BCUT2D eigenvalue weighted by atomic mass is 10.1. The minimum Gasteiger partial charge on any atom is -0.457 e. The van der Waals surface area contributed by atoms with Crippen molar-refractivity contribution in [2.24, 2.45) is 5.92 Å². The molecule has 1 aromatic heterocycles. The van der Waals surface area contributed by atoms with Gasteiger partial charge in [0.15, 0.2) is 12.0 Å². The molecule has 3 nitrogen and oxygen atoms in total. The van der Waals surface area contributed by atoms with Crippen LogP contribution in [0.3, 0.4) is 0 Å². The lowest BCUT2D eigenvalue weighted by molar-refractivity contribution is 0.109. The third-order valence-electron chi connectivity index (χ3n) is 3.22. The number of hydrogen-bond donors (Lipinski definition) is 0. The summed E-state index contributed by atoms with van der Waals surface area (Å²) in [7, 11) is 0. The average molecular weight is 251 g/mol. The molecule has 18 heavy (non-hydrogen) atoms. The van der Waals surface area contributed by atoms with Crippen molar-refractivity contribution < 1.29 is 9.21 Å². The van der Waals surface area contributed by atoms with E-state index in [-0.39, 0.29) is 0 Å². The van der Waals surface area contributed by atoms with Crippen LogP contribution in [0.25, 0.3) is 0 Å². The van der Waals surface area contributed by atoms with Crippen molar-refractivity contribution in [1.29, 1.82) is 0 Å². The number of furan rings is 1. The maximum Gasteiger partial charge on any atom is 0.185 e. The third kappa shape index (κ3) is 4.30. The van der Waals surface area contributed by atoms with Crippen LogP contribution < -0.4 is 0 Å². The number of carbonyl (C=O) groups is 1. The average Bonchev–Trinajstić information content (AvgIpc) is 2.77. The Balaban J connectivity index is 2.73. The van der Waals surface area contributed by atoms with E-state index in [0.717, 1.165) is 38.0 Å². The fraction of sp³-hybridized carbons (Fsp3) is 0.667. The first-order valence-corrected chi connectivity index (χ1v) is 6.88. The summed E-state index contributed by atoms with van der Waals surface area (Å²) in [4.78, 5) is 13.1. The Kier molecular flexibility index (Phi) is 6.13. The lowest BCUT2D eigenvalue weighted by Crippen LogP contribution is -2.36. The molecule has 0 saturated heterocycles. The number of carbonyl (C=O) groups excluding carboxylic acids is 1. The van der Waals surface area contributed by atoms with Gasteiger partial charge in [0, 0.05) is 12.6 Å². The molecular weight excluding hydrogens is 226 g/mol. The number of rotatable bonds is 8. The van der Waals surface area contributed by atoms with Crippen LogP contribution in [0, 0.1) is 5.92 Å². The zero-order valence-electron chi connectivity index (χ0n) is 12.0. The first-order chi connectivity index (χ1) is 8.60. The van der Waals surface area contributed by atoms with Crippen molar-refractivity contribution in [2.45, 2.75) is 53.1 Å². The molecule has 0 atom stereocenters. The summed E-state index contributed by atoms with van der Waals surface area (Å²) in [6.45, 7) is 10.8. The summed E-state index contributed by atoms with van der Waals surface area (Å²) < 4.78 is 5.47. The summed E-state index contributed by atoms with van der Waals surface area (Å²) in [5.41, 5.74) is 0. The first kappa shape index (κ1) is 15.0. The summed E-state index contributed by atoms with van der Waals surface area (Å²) in [5.74, 6) is 1.93. The van der Waals surface area contributed by atoms with Gasteiger partial charge in [-0.2, -0.15) is 0 Å². The zero-order chi connectivity index (χ0) is 13.5. The van der Waals surface area contributed by atoms with Gasteiger partial charge in [0.1, 0.15) is 5.76 Å². The summed E-state index contributed by atoms with van der Waals surface area (Å²) >= 11 is 0. The van der Waals surface area contributed by atoms with Crippen LogP contribution in [0.1, 0.15) is 56.9 Å². The van der Waals surface area contributed by atoms with Gasteiger partial charge in [0.25, 0.3) is 0 Å². The van der Waals surface area contributed by atoms with E-state index in [1.54, 1.807) is 6.07 Å². The molecule has 0 spiro atoms. The molecule has 3 heteroatoms. The van der Waals surface area contributed by atoms with Crippen molar-refractivity contribution in [1.82, 2.24) is 4.90 Å². The van der Waals surface area contributed by atoms with Crippen molar-refractivity contribution in [3.05, 3.63) is 23.7 Å². The SMILES string of the molecule is CCC(CC)N(Cc1ccc(C=O)o1)CC(C)C. The standard InChI is InChI=1S/C15H25NO2/c1-5-13(6-2)16(9-12(3)4)10-14-7-8-15(11-17)18-14/h7-8,11-13H,5-6,9-10H2,1-4H3. The molecule has 0 aliphatic rings. The van der Waals surface area contributed by atoms with Crippen molar-refractivity contribution in [3.63, 3.8) is 0 Å². The van der Waals surface area contributed by atoms with Gasteiger partial charge in [-0.1, -0.05) is 27.7 Å². The molecule has 0 saturated carbocycles. The Hall–Kier alpha value is -1.09. The summed E-state index contributed by atoms with van der Waals surface area (Å²) in [5, 5.41) is 0. The molecule has 0 radical (unpaired) electrons. The Morgan fingerprint density at radius 2 is 1.94 bits per heavy atom. The second-order valence-electron chi connectivity index (χ2n) is 5.22. The van der Waals surface area contributed by atoms with E-state index in [1.165, 1.54) is 0 Å². The van der Waals surface area contributed by atoms with E-state index in [4.69, 9.17) is 4.42 Å². The molecule has 0 aliphatic heterocycles. The minimum absolute atomic E-state index is 0.416. The molecule has 0 aromatic carbocycles. The molecular formula is C15H25NO2. The fourth-order valence-electron chi connectivity index (χ4n) is 2.36. The molecule has 0 N–H and O–H groups in total. The number of nitrogens with zero attached hydrogens (tertiary/aromatic N) is 1. The second-order valence-corrected chi connectivity index (χ2v) is 5.22. The van der Waals surface area contributed by atoms with Gasteiger partial charge in [-0.3, -0.25) is 9.69 Å². The quantitative estimate of drug-likeness (QED) is 0.660. The van der Waals surface area contributed by atoms with E-state index in [9.17, 15) is 4.79 Å². The van der Waals surface area contributed by atoms with Crippen molar-refractivity contribution in [3.8, 4) is 0 Å². The van der Waals surface area contributed by atoms with Crippen LogP contribution in [0.2, 0.25) is 0 Å². The predicted molar refractivity (Wildman–Crippen MR) is 73.7 cm³/mol. The van der Waals surface area contributed by atoms with Gasteiger partial charge in [-0.25, -0.2) is 0 Å². The van der Waals surface area contributed by atoms with Crippen LogP contribution in [0.5, 0.6) is 0 Å². The smallest absolute Gasteiger partial charge is 0.185 e. The van der Waals surface area contributed by atoms with Gasteiger partial charge < -0.3 is 4.42 Å². The highest BCUT2D eigenvalue weighted by atomic mass is 16.3. The van der Waals surface area contributed by atoms with Crippen LogP contribution in [0.15, 0.2) is 16.5 Å². The topological polar surface area (TPSA) is 33.5 Å². The van der Waals surface area contributed by atoms with Gasteiger partial charge in [0.05, 0.1) is 6.54 Å². The van der Waals surface area contributed by atoms with E-state index >= 15 is 0 Å². The molecule has 0 unspecified atom stereocenters. The van der Waals surface area contributed by atoms with Crippen molar-refractivity contribution >= 4 is 6.29 Å². The zero-order valence-corrected chi connectivity index (χ0v) is 12.0. The van der Waals surface area contributed by atoms with E-state index in [2.05, 4.69) is 32.6 Å². The minimum atomic E-state index is 0.416. The van der Waals surface area contributed by atoms with Gasteiger partial charge >= 0.3 is 0 Å². The van der Waals surface area contributed by atoms with Crippen LogP contribution in [-0.4, -0.2) is 23.8 Å². The predicted octanol–water partition coefficient (Wildman–Crippen LogP) is 3.74. The normalized spacial score (nSPS) is 11.7. The highest BCUT2D eigenvalue weighted by Crippen LogP contribution is 2.17. The van der Waals surface area contributed by atoms with Crippen molar-refractivity contribution in [2.75, 3.05) is 6.54 Å². The summed E-state index contributed by atoms with van der Waals surface area (Å²) in [6.07, 6.45) is 3.04. The van der Waals surface area contributed by atoms with Gasteiger partial charge in [-0.15, -0.1) is 0 Å². The van der Waals surface area contributed by atoms with Crippen LogP contribution >= 0.6 is 0 Å². The number of hydrogen-bond acceptors (Lipinski definition) is 3. The molecule has 1 rings (SSSR count). The van der Waals surface area contributed by atoms with Gasteiger partial charge in [0.2, 0.25) is 0 Å². The fourth-order valence-corrected chi connectivity index (χ4v) is 2.36. The largest absolute Gasteiger partial charge is 0.457 e.